The predicted octanol–water partition coefficient (Wildman–Crippen LogP) is 8.28. The first-order valence-electron chi connectivity index (χ1n) is 15.4. The van der Waals surface area contributed by atoms with Crippen molar-refractivity contribution in [1.82, 2.24) is 5.32 Å². The first-order valence-corrected chi connectivity index (χ1v) is 16.9. The second-order valence-electron chi connectivity index (χ2n) is 11.1. The van der Waals surface area contributed by atoms with E-state index in [1.807, 2.05) is 0 Å². The van der Waals surface area contributed by atoms with Crippen molar-refractivity contribution >= 4 is 21.4 Å². The molecule has 1 atom stereocenters. The van der Waals surface area contributed by atoms with Crippen LogP contribution in [0.1, 0.15) is 135 Å². The van der Waals surface area contributed by atoms with E-state index in [1.165, 1.54) is 83.1 Å². The molecule has 1 aromatic carbocycles. The van der Waals surface area contributed by atoms with E-state index < -0.39 is 20.2 Å². The molecule has 0 amide bonds. The molecule has 1 aromatic rings. The summed E-state index contributed by atoms with van der Waals surface area (Å²) in [5.41, 5.74) is 0.554. The zero-order valence-corrected chi connectivity index (χ0v) is 24.8. The summed E-state index contributed by atoms with van der Waals surface area (Å²) in [5, 5.41) is 15.2. The molecule has 8 heteroatoms. The molecule has 2 N–H and O–H groups in total. The fourth-order valence-corrected chi connectivity index (χ4v) is 7.22. The maximum Gasteiger partial charge on any atom is 0.296 e. The normalized spacial score (nSPS) is 15.1. The quantitative estimate of drug-likeness (QED) is 0.0857. The Morgan fingerprint density at radius 3 is 2.03 bits per heavy atom. The van der Waals surface area contributed by atoms with Crippen LogP contribution in [0.4, 0.5) is 11.4 Å². The van der Waals surface area contributed by atoms with Crippen molar-refractivity contribution in [1.29, 1.82) is 0 Å². The molecule has 1 aliphatic rings. The summed E-state index contributed by atoms with van der Waals surface area (Å²) >= 11 is 0. The highest BCUT2D eigenvalue weighted by Gasteiger charge is 2.31. The molecule has 1 unspecified atom stereocenters. The molecule has 38 heavy (non-hydrogen) atoms. The number of nitro benzene ring substituents is 1. The smallest absolute Gasteiger partial charge is 0.296 e. The maximum atomic E-state index is 12.8. The van der Waals surface area contributed by atoms with E-state index in [0.717, 1.165) is 25.7 Å². The Hall–Kier alpha value is -1.67. The monoisotopic (exact) mass is 551 g/mol. The zero-order chi connectivity index (χ0) is 27.6. The van der Waals surface area contributed by atoms with Crippen LogP contribution in [0.2, 0.25) is 0 Å². The molecule has 1 fully saturated rings. The van der Waals surface area contributed by atoms with Gasteiger partial charge in [0.1, 0.15) is 5.69 Å². The highest BCUT2D eigenvalue weighted by Crippen LogP contribution is 2.32. The van der Waals surface area contributed by atoms with Gasteiger partial charge in [0.15, 0.2) is 0 Å². The molecule has 0 saturated heterocycles. The van der Waals surface area contributed by atoms with E-state index >= 15 is 0 Å². The third-order valence-electron chi connectivity index (χ3n) is 7.94. The number of hydrogen-bond acceptors (Lipinski definition) is 5. The van der Waals surface area contributed by atoms with Gasteiger partial charge in [0.25, 0.3) is 5.69 Å². The summed E-state index contributed by atoms with van der Waals surface area (Å²) in [6.45, 7) is 5.13. The van der Waals surface area contributed by atoms with Gasteiger partial charge in [-0.15, -0.1) is 0 Å². The number of sulfonamides is 1. The Morgan fingerprint density at radius 1 is 0.895 bits per heavy atom. The van der Waals surface area contributed by atoms with Crippen molar-refractivity contribution in [2.24, 2.45) is 0 Å². The fourth-order valence-electron chi connectivity index (χ4n) is 5.63. The van der Waals surface area contributed by atoms with Crippen LogP contribution >= 0.6 is 0 Å². The van der Waals surface area contributed by atoms with Gasteiger partial charge in [0.2, 0.25) is 10.0 Å². The minimum absolute atomic E-state index is 0.0921. The Labute approximate surface area is 232 Å². The van der Waals surface area contributed by atoms with E-state index in [-0.39, 0.29) is 11.4 Å². The van der Waals surface area contributed by atoms with Crippen molar-refractivity contribution in [2.75, 3.05) is 11.3 Å². The predicted molar refractivity (Wildman–Crippen MR) is 159 cm³/mol. The van der Waals surface area contributed by atoms with Crippen molar-refractivity contribution in [3.8, 4) is 0 Å². The van der Waals surface area contributed by atoms with Gasteiger partial charge in [-0.05, 0) is 44.7 Å². The van der Waals surface area contributed by atoms with Crippen LogP contribution in [0, 0.1) is 10.1 Å². The number of nitrogens with one attached hydrogen (secondary N) is 2. The van der Waals surface area contributed by atoms with E-state index in [1.54, 1.807) is 12.1 Å². The molecule has 2 rings (SSSR count). The molecule has 0 aromatic heterocycles. The molecule has 0 aliphatic heterocycles. The molecule has 0 spiro atoms. The molecule has 218 valence electrons. The molecule has 0 heterocycles. The number of rotatable bonds is 22. The molecule has 0 radical (unpaired) electrons. The first kappa shape index (κ1) is 32.5. The Kier molecular flexibility index (Phi) is 15.9. The second-order valence-corrected chi connectivity index (χ2v) is 13.1. The Balaban J connectivity index is 1.92. The van der Waals surface area contributed by atoms with Crippen molar-refractivity contribution < 1.29 is 13.3 Å². The number of para-hydroxylation sites is 1. The summed E-state index contributed by atoms with van der Waals surface area (Å²) in [6.07, 6.45) is 21.2. The average molecular weight is 552 g/mol. The third-order valence-corrected chi connectivity index (χ3v) is 9.79. The van der Waals surface area contributed by atoms with Gasteiger partial charge >= 0.3 is 0 Å². The summed E-state index contributed by atoms with van der Waals surface area (Å²) in [7, 11) is -3.63. The standard InChI is InChI=1S/C30H53N3O4S/c1-3-5-7-9-10-11-12-14-20-27(19-13-8-6-4-2)31-25-24-26-18-17-23-29(30(26)33(34)35)32-38(36,37)28-21-15-16-22-28/h17-18,23,27-28,31-32H,3-16,19-22,24-25H2,1-2H3. The van der Waals surface area contributed by atoms with E-state index in [0.29, 0.717) is 37.4 Å². The van der Waals surface area contributed by atoms with Gasteiger partial charge in [-0.1, -0.05) is 116 Å². The minimum atomic E-state index is -3.63. The number of nitro groups is 1. The van der Waals surface area contributed by atoms with Crippen molar-refractivity contribution in [3.63, 3.8) is 0 Å². The van der Waals surface area contributed by atoms with Gasteiger partial charge in [-0.3, -0.25) is 14.8 Å². The highest BCUT2D eigenvalue weighted by molar-refractivity contribution is 7.93. The maximum absolute atomic E-state index is 12.8. The molecular formula is C30H53N3O4S. The number of anilines is 1. The van der Waals surface area contributed by atoms with Gasteiger partial charge in [0.05, 0.1) is 10.2 Å². The van der Waals surface area contributed by atoms with Crippen LogP contribution in [-0.2, 0) is 16.4 Å². The fraction of sp³-hybridized carbons (Fsp3) is 0.800. The summed E-state index contributed by atoms with van der Waals surface area (Å²) in [4.78, 5) is 11.5. The lowest BCUT2D eigenvalue weighted by Gasteiger charge is -2.19. The van der Waals surface area contributed by atoms with Gasteiger partial charge in [-0.2, -0.15) is 0 Å². The minimum Gasteiger partial charge on any atom is -0.314 e. The number of benzene rings is 1. The molecular weight excluding hydrogens is 498 g/mol. The van der Waals surface area contributed by atoms with Crippen LogP contribution in [0.3, 0.4) is 0 Å². The van der Waals surface area contributed by atoms with Gasteiger partial charge in [0, 0.05) is 11.6 Å². The lowest BCUT2D eigenvalue weighted by Crippen LogP contribution is -2.31. The lowest BCUT2D eigenvalue weighted by atomic mass is 10.00. The van der Waals surface area contributed by atoms with Gasteiger partial charge < -0.3 is 5.32 Å². The SMILES string of the molecule is CCCCCCCCCCC(CCCCCC)NCCc1cccc(NS(=O)(=O)C2CCCC2)c1[N+](=O)[O-]. The largest absolute Gasteiger partial charge is 0.314 e. The second kappa shape index (κ2) is 18.6. The average Bonchev–Trinajstić information content (AvgIpc) is 3.44. The van der Waals surface area contributed by atoms with Crippen LogP contribution in [0.25, 0.3) is 0 Å². The first-order chi connectivity index (χ1) is 18.4. The third kappa shape index (κ3) is 12.0. The number of unbranched alkanes of at least 4 members (excludes halogenated alkanes) is 10. The van der Waals surface area contributed by atoms with Crippen molar-refractivity contribution in [2.45, 2.75) is 147 Å². The van der Waals surface area contributed by atoms with Gasteiger partial charge in [-0.25, -0.2) is 8.42 Å². The molecule has 0 bridgehead atoms. The lowest BCUT2D eigenvalue weighted by molar-refractivity contribution is -0.384. The van der Waals surface area contributed by atoms with Crippen molar-refractivity contribution in [3.05, 3.63) is 33.9 Å². The zero-order valence-electron chi connectivity index (χ0n) is 24.0. The number of hydrogen-bond donors (Lipinski definition) is 2. The van der Waals surface area contributed by atoms with E-state index in [2.05, 4.69) is 23.9 Å². The Morgan fingerprint density at radius 2 is 1.45 bits per heavy atom. The van der Waals surface area contributed by atoms with Crippen LogP contribution in [0.5, 0.6) is 0 Å². The number of nitrogens with zero attached hydrogens (tertiary/aromatic N) is 1. The summed E-state index contributed by atoms with van der Waals surface area (Å²) < 4.78 is 28.2. The Bertz CT molecular complexity index is 901. The molecule has 1 aliphatic carbocycles. The van der Waals surface area contributed by atoms with Crippen LogP contribution in [-0.4, -0.2) is 31.2 Å². The molecule has 1 saturated carbocycles. The topological polar surface area (TPSA) is 101 Å². The van der Waals surface area contributed by atoms with Crippen LogP contribution < -0.4 is 10.0 Å². The molecule has 7 nitrogen and oxygen atoms in total. The summed E-state index contributed by atoms with van der Waals surface area (Å²) in [6, 6.07) is 5.41. The summed E-state index contributed by atoms with van der Waals surface area (Å²) in [5.74, 6) is 0. The van der Waals surface area contributed by atoms with Crippen LogP contribution in [0.15, 0.2) is 18.2 Å². The highest BCUT2D eigenvalue weighted by atomic mass is 32.2. The van der Waals surface area contributed by atoms with E-state index in [9.17, 15) is 18.5 Å². The van der Waals surface area contributed by atoms with E-state index in [4.69, 9.17) is 0 Å².